The van der Waals surface area contributed by atoms with Crippen molar-refractivity contribution < 1.29 is 48.0 Å². The quantitative estimate of drug-likeness (QED) is 0.337. The molecule has 0 aliphatic carbocycles. The van der Waals surface area contributed by atoms with Crippen LogP contribution in [0.1, 0.15) is 57.7 Å². The average molecular weight is 501 g/mol. The molecule has 3 unspecified atom stereocenters. The number of aliphatic hydroxyl groups excluding tert-OH is 2. The second-order valence-corrected chi connectivity index (χ2v) is 8.07. The fourth-order valence-corrected chi connectivity index (χ4v) is 2.97. The highest BCUT2D eigenvalue weighted by atomic mass is 19.4. The highest BCUT2D eigenvalue weighted by Crippen LogP contribution is 2.25. The molecule has 0 amide bonds. The fraction of sp³-hybridized carbons (Fsp3) is 0.400. The van der Waals surface area contributed by atoms with Crippen LogP contribution >= 0.6 is 0 Å². The molecule has 3 atom stereocenters. The normalized spacial score (nSPS) is 13.2. The minimum absolute atomic E-state index is 0.308. The van der Waals surface area contributed by atoms with Gasteiger partial charge < -0.3 is 20.4 Å². The number of hydrogen-bond donors (Lipinski definition) is 4. The van der Waals surface area contributed by atoms with E-state index >= 15 is 0 Å². The third-order valence-corrected chi connectivity index (χ3v) is 4.93. The number of halogens is 3. The molecule has 0 radical (unpaired) electrons. The molecule has 0 aromatic heterocycles. The van der Waals surface area contributed by atoms with E-state index in [-0.39, 0.29) is 0 Å². The van der Waals surface area contributed by atoms with E-state index in [2.05, 4.69) is 0 Å². The number of aromatic carboxylic acids is 1. The Labute approximate surface area is 201 Å². The van der Waals surface area contributed by atoms with Crippen molar-refractivity contribution in [1.29, 1.82) is 0 Å². The molecule has 194 valence electrons. The summed E-state index contributed by atoms with van der Waals surface area (Å²) >= 11 is 0. The number of carboxylic acid groups (broad SMARTS) is 2. The van der Waals surface area contributed by atoms with E-state index in [1.165, 1.54) is 13.8 Å². The number of aliphatic hydroxyl groups is 2. The maximum Gasteiger partial charge on any atom is 0.391 e. The Morgan fingerprint density at radius 2 is 1.34 bits per heavy atom. The fourth-order valence-electron chi connectivity index (χ4n) is 2.97. The molecular formula is C25H31F3O7. The third-order valence-electron chi connectivity index (χ3n) is 4.93. The maximum atomic E-state index is 11.7. The predicted molar refractivity (Wildman–Crippen MR) is 124 cm³/mol. The molecule has 4 N–H and O–H groups in total. The third kappa shape index (κ3) is 12.2. The van der Waals surface area contributed by atoms with Gasteiger partial charge in [0.15, 0.2) is 0 Å². The molecule has 2 aromatic rings. The van der Waals surface area contributed by atoms with Gasteiger partial charge in [-0.05, 0) is 51.0 Å². The molecule has 0 aliphatic heterocycles. The lowest BCUT2D eigenvalue weighted by Gasteiger charge is -2.22. The van der Waals surface area contributed by atoms with Gasteiger partial charge in [-0.3, -0.25) is 4.79 Å². The summed E-state index contributed by atoms with van der Waals surface area (Å²) in [5, 5.41) is 34.8. The first-order chi connectivity index (χ1) is 16.0. The van der Waals surface area contributed by atoms with E-state index < -0.39 is 48.4 Å². The summed E-state index contributed by atoms with van der Waals surface area (Å²) in [6.45, 7) is 8.13. The lowest BCUT2D eigenvalue weighted by molar-refractivity contribution is -0.162. The van der Waals surface area contributed by atoms with E-state index in [0.29, 0.717) is 11.1 Å². The Hall–Kier alpha value is -3.24. The summed E-state index contributed by atoms with van der Waals surface area (Å²) in [6, 6.07) is 11.9. The smallest absolute Gasteiger partial charge is 0.391 e. The van der Waals surface area contributed by atoms with Crippen molar-refractivity contribution in [2.75, 3.05) is 0 Å². The Kier molecular flexibility index (Phi) is 12.9. The number of aliphatic carboxylic acids is 1. The lowest BCUT2D eigenvalue weighted by Crippen LogP contribution is -2.31. The molecule has 35 heavy (non-hydrogen) atoms. The number of aryl methyl sites for hydroxylation is 3. The zero-order chi connectivity index (χ0) is 27.5. The average Bonchev–Trinajstić information content (AvgIpc) is 2.72. The van der Waals surface area contributed by atoms with Crippen LogP contribution in [-0.2, 0) is 4.79 Å². The molecule has 7 nitrogen and oxygen atoms in total. The number of benzene rings is 2. The molecule has 0 heterocycles. The topological polar surface area (TPSA) is 132 Å². The van der Waals surface area contributed by atoms with Crippen LogP contribution in [0.4, 0.5) is 13.2 Å². The molecule has 0 bridgehead atoms. The Morgan fingerprint density at radius 1 is 0.886 bits per heavy atom. The first kappa shape index (κ1) is 31.8. The number of ketones is 1. The summed E-state index contributed by atoms with van der Waals surface area (Å²) in [4.78, 5) is 32.0. The van der Waals surface area contributed by atoms with Crippen LogP contribution in [0.5, 0.6) is 0 Å². The second-order valence-electron chi connectivity index (χ2n) is 8.07. The predicted octanol–water partition coefficient (Wildman–Crippen LogP) is 4.58. The number of rotatable bonds is 6. The molecule has 2 aromatic carbocycles. The van der Waals surface area contributed by atoms with Crippen molar-refractivity contribution in [3.8, 4) is 0 Å². The van der Waals surface area contributed by atoms with E-state index in [1.807, 2.05) is 19.1 Å². The van der Waals surface area contributed by atoms with Crippen molar-refractivity contribution in [2.45, 2.75) is 59.4 Å². The van der Waals surface area contributed by atoms with Crippen molar-refractivity contribution >= 4 is 17.7 Å². The largest absolute Gasteiger partial charge is 0.478 e. The number of alkyl halides is 3. The van der Waals surface area contributed by atoms with Crippen LogP contribution in [0.3, 0.4) is 0 Å². The standard InChI is InChI=1S/C11H12O3.C7H13F3O2.C7H6O2/c1-6-4-7(2)9(8(3)5-6)10(12)11(13)14;1-4(5(2)11)6(12)3-7(8,9)10;8-7(9)6-4-2-1-3-5-6/h4-5H,1-3H3,(H,13,14);4-6,11-12H,3H2,1-2H3;1-5H,(H,8,9). The molecular weight excluding hydrogens is 469 g/mol. The zero-order valence-electron chi connectivity index (χ0n) is 20.1. The van der Waals surface area contributed by atoms with Gasteiger partial charge in [-0.1, -0.05) is 42.8 Å². The Balaban J connectivity index is 0.000000507. The van der Waals surface area contributed by atoms with Gasteiger partial charge in [-0.25, -0.2) is 9.59 Å². The number of hydrogen-bond acceptors (Lipinski definition) is 5. The van der Waals surface area contributed by atoms with Crippen LogP contribution in [-0.4, -0.2) is 56.5 Å². The highest BCUT2D eigenvalue weighted by Gasteiger charge is 2.34. The van der Waals surface area contributed by atoms with Crippen LogP contribution in [0.25, 0.3) is 0 Å². The number of carbonyl (C=O) groups is 3. The van der Waals surface area contributed by atoms with E-state index in [4.69, 9.17) is 20.4 Å². The molecule has 0 saturated heterocycles. The van der Waals surface area contributed by atoms with Crippen LogP contribution in [0, 0.1) is 26.7 Å². The van der Waals surface area contributed by atoms with Crippen molar-refractivity contribution in [3.63, 3.8) is 0 Å². The lowest BCUT2D eigenvalue weighted by atomic mass is 9.97. The first-order valence-electron chi connectivity index (χ1n) is 10.5. The first-order valence-corrected chi connectivity index (χ1v) is 10.5. The van der Waals surface area contributed by atoms with Gasteiger partial charge >= 0.3 is 18.1 Å². The van der Waals surface area contributed by atoms with E-state index in [9.17, 15) is 27.6 Å². The van der Waals surface area contributed by atoms with Crippen molar-refractivity contribution in [1.82, 2.24) is 0 Å². The molecule has 2 rings (SSSR count). The van der Waals surface area contributed by atoms with Gasteiger partial charge in [0.1, 0.15) is 0 Å². The summed E-state index contributed by atoms with van der Waals surface area (Å²) in [5.74, 6) is -3.87. The molecule has 10 heteroatoms. The number of carboxylic acids is 2. The minimum Gasteiger partial charge on any atom is -0.478 e. The van der Waals surface area contributed by atoms with E-state index in [0.717, 1.165) is 16.7 Å². The minimum atomic E-state index is -4.37. The van der Waals surface area contributed by atoms with Crippen LogP contribution in [0.2, 0.25) is 0 Å². The number of Topliss-reactive ketones (excluding diaryl/α,β-unsaturated/α-hetero) is 1. The Morgan fingerprint density at radius 3 is 1.66 bits per heavy atom. The van der Waals surface area contributed by atoms with Gasteiger partial charge in [-0.2, -0.15) is 13.2 Å². The summed E-state index contributed by atoms with van der Waals surface area (Å²) < 4.78 is 35.1. The van der Waals surface area contributed by atoms with Crippen LogP contribution in [0.15, 0.2) is 42.5 Å². The Bertz CT molecular complexity index is 963. The number of carbonyl (C=O) groups excluding carboxylic acids is 1. The van der Waals surface area contributed by atoms with Crippen molar-refractivity contribution in [3.05, 3.63) is 70.3 Å². The van der Waals surface area contributed by atoms with Gasteiger partial charge in [0.05, 0.1) is 24.2 Å². The maximum absolute atomic E-state index is 11.7. The van der Waals surface area contributed by atoms with Crippen molar-refractivity contribution in [2.24, 2.45) is 5.92 Å². The highest BCUT2D eigenvalue weighted by molar-refractivity contribution is 6.40. The molecule has 0 saturated carbocycles. The summed E-state index contributed by atoms with van der Waals surface area (Å²) in [6.07, 6.45) is -8.09. The summed E-state index contributed by atoms with van der Waals surface area (Å²) in [5.41, 5.74) is 3.10. The van der Waals surface area contributed by atoms with Crippen LogP contribution < -0.4 is 0 Å². The van der Waals surface area contributed by atoms with Gasteiger partial charge in [0.2, 0.25) is 0 Å². The molecule has 0 spiro atoms. The zero-order valence-corrected chi connectivity index (χ0v) is 20.1. The molecule has 0 aliphatic rings. The monoisotopic (exact) mass is 500 g/mol. The molecule has 0 fully saturated rings. The van der Waals surface area contributed by atoms with Gasteiger partial charge in [0, 0.05) is 11.5 Å². The summed E-state index contributed by atoms with van der Waals surface area (Å²) in [7, 11) is 0. The second kappa shape index (κ2) is 14.2. The SMILES string of the molecule is CC(O)C(C)C(O)CC(F)(F)F.Cc1cc(C)c(C(=O)C(=O)O)c(C)c1.O=C(O)c1ccccc1. The van der Waals surface area contributed by atoms with E-state index in [1.54, 1.807) is 44.2 Å². The van der Waals surface area contributed by atoms with Gasteiger partial charge in [-0.15, -0.1) is 0 Å². The van der Waals surface area contributed by atoms with Gasteiger partial charge in [0.25, 0.3) is 5.78 Å².